The summed E-state index contributed by atoms with van der Waals surface area (Å²) < 4.78 is 0. The fourth-order valence-electron chi connectivity index (χ4n) is 3.20. The number of aryl methyl sites for hydroxylation is 1. The maximum atomic E-state index is 10.2. The highest BCUT2D eigenvalue weighted by molar-refractivity contribution is 6.30. The molecule has 2 N–H and O–H groups in total. The summed E-state index contributed by atoms with van der Waals surface area (Å²) in [5, 5.41) is 14.3. The van der Waals surface area contributed by atoms with Crippen molar-refractivity contribution in [3.8, 4) is 0 Å². The zero-order chi connectivity index (χ0) is 15.4. The predicted molar refractivity (Wildman–Crippen MR) is 98.5 cm³/mol. The number of rotatable bonds is 5. The minimum atomic E-state index is -0.505. The second-order valence-electron chi connectivity index (χ2n) is 6.11. The second-order valence-corrected chi connectivity index (χ2v) is 6.54. The highest BCUT2D eigenvalue weighted by Crippen LogP contribution is 2.25. The van der Waals surface area contributed by atoms with Gasteiger partial charge >= 0.3 is 0 Å². The van der Waals surface area contributed by atoms with Gasteiger partial charge in [0.15, 0.2) is 0 Å². The van der Waals surface area contributed by atoms with Crippen LogP contribution >= 0.6 is 24.0 Å². The molecule has 0 aliphatic heterocycles. The Morgan fingerprint density at radius 3 is 2.70 bits per heavy atom. The van der Waals surface area contributed by atoms with Crippen molar-refractivity contribution in [3.05, 3.63) is 70.2 Å². The molecular formula is C19H23Cl2NO. The SMILES string of the molecule is Cl.OC(CNCC1CCc2ccccc2C1)c1cccc(Cl)c1. The summed E-state index contributed by atoms with van der Waals surface area (Å²) in [6, 6.07) is 16.2. The van der Waals surface area contributed by atoms with E-state index in [4.69, 9.17) is 11.6 Å². The van der Waals surface area contributed by atoms with Crippen molar-refractivity contribution in [1.82, 2.24) is 5.32 Å². The molecule has 2 unspecified atom stereocenters. The first kappa shape index (κ1) is 18.3. The predicted octanol–water partition coefficient (Wildman–Crippen LogP) is 4.19. The van der Waals surface area contributed by atoms with Gasteiger partial charge in [0, 0.05) is 11.6 Å². The molecule has 2 aromatic rings. The van der Waals surface area contributed by atoms with Crippen molar-refractivity contribution in [3.63, 3.8) is 0 Å². The zero-order valence-electron chi connectivity index (χ0n) is 13.0. The molecule has 2 aromatic carbocycles. The molecule has 0 saturated carbocycles. The van der Waals surface area contributed by atoms with Gasteiger partial charge in [-0.05, 0) is 60.5 Å². The summed E-state index contributed by atoms with van der Waals surface area (Å²) >= 11 is 5.96. The fourth-order valence-corrected chi connectivity index (χ4v) is 3.40. The first-order valence-corrected chi connectivity index (χ1v) is 8.31. The molecule has 2 atom stereocenters. The molecule has 1 aliphatic rings. The van der Waals surface area contributed by atoms with Crippen molar-refractivity contribution in [2.45, 2.75) is 25.4 Å². The summed E-state index contributed by atoms with van der Waals surface area (Å²) in [4.78, 5) is 0. The van der Waals surface area contributed by atoms with Crippen LogP contribution in [0.4, 0.5) is 0 Å². The number of hydrogen-bond acceptors (Lipinski definition) is 2. The maximum Gasteiger partial charge on any atom is 0.0914 e. The average Bonchev–Trinajstić information content (AvgIpc) is 2.54. The summed E-state index contributed by atoms with van der Waals surface area (Å²) in [5.74, 6) is 0.654. The van der Waals surface area contributed by atoms with Crippen LogP contribution in [0.1, 0.15) is 29.2 Å². The Kier molecular flexibility index (Phi) is 6.91. The van der Waals surface area contributed by atoms with Crippen LogP contribution in [0.5, 0.6) is 0 Å². The molecule has 0 radical (unpaired) electrons. The van der Waals surface area contributed by atoms with Gasteiger partial charge < -0.3 is 10.4 Å². The number of nitrogens with one attached hydrogen (secondary N) is 1. The lowest BCUT2D eigenvalue weighted by Gasteiger charge is -2.25. The lowest BCUT2D eigenvalue weighted by atomic mass is 9.84. The molecule has 23 heavy (non-hydrogen) atoms. The zero-order valence-corrected chi connectivity index (χ0v) is 14.6. The highest BCUT2D eigenvalue weighted by Gasteiger charge is 2.18. The minimum absolute atomic E-state index is 0. The lowest BCUT2D eigenvalue weighted by molar-refractivity contribution is 0.172. The molecule has 1 aliphatic carbocycles. The third-order valence-corrected chi connectivity index (χ3v) is 4.69. The molecule has 124 valence electrons. The molecule has 0 bridgehead atoms. The second kappa shape index (κ2) is 8.70. The molecule has 0 fully saturated rings. The maximum absolute atomic E-state index is 10.2. The molecule has 3 rings (SSSR count). The first-order valence-electron chi connectivity index (χ1n) is 7.93. The Balaban J connectivity index is 0.00000192. The van der Waals surface area contributed by atoms with Crippen molar-refractivity contribution in [1.29, 1.82) is 0 Å². The third-order valence-electron chi connectivity index (χ3n) is 4.45. The number of aliphatic hydroxyl groups excluding tert-OH is 1. The van der Waals surface area contributed by atoms with Gasteiger partial charge in [-0.1, -0.05) is 48.0 Å². The largest absolute Gasteiger partial charge is 0.387 e. The van der Waals surface area contributed by atoms with E-state index in [0.29, 0.717) is 17.5 Å². The Labute approximate surface area is 149 Å². The fraction of sp³-hybridized carbons (Fsp3) is 0.368. The van der Waals surface area contributed by atoms with Crippen molar-refractivity contribution < 1.29 is 5.11 Å². The molecule has 0 heterocycles. The van der Waals surface area contributed by atoms with Crippen molar-refractivity contribution in [2.75, 3.05) is 13.1 Å². The summed E-state index contributed by atoms with van der Waals surface area (Å²) in [7, 11) is 0. The summed E-state index contributed by atoms with van der Waals surface area (Å²) in [5.41, 5.74) is 3.85. The number of hydrogen-bond donors (Lipinski definition) is 2. The van der Waals surface area contributed by atoms with E-state index in [9.17, 15) is 5.11 Å². The van der Waals surface area contributed by atoms with Gasteiger partial charge in [-0.15, -0.1) is 12.4 Å². The minimum Gasteiger partial charge on any atom is -0.387 e. The number of aliphatic hydroxyl groups is 1. The van der Waals surface area contributed by atoms with Crippen LogP contribution in [-0.4, -0.2) is 18.2 Å². The number of fused-ring (bicyclic) bond motifs is 1. The van der Waals surface area contributed by atoms with Gasteiger partial charge in [0.05, 0.1) is 6.10 Å². The van der Waals surface area contributed by atoms with E-state index in [-0.39, 0.29) is 12.4 Å². The van der Waals surface area contributed by atoms with E-state index in [1.54, 1.807) is 0 Å². The van der Waals surface area contributed by atoms with Gasteiger partial charge in [-0.2, -0.15) is 0 Å². The van der Waals surface area contributed by atoms with Crippen LogP contribution in [0.3, 0.4) is 0 Å². The molecule has 0 aromatic heterocycles. The van der Waals surface area contributed by atoms with Gasteiger partial charge in [-0.3, -0.25) is 0 Å². The summed E-state index contributed by atoms with van der Waals surface area (Å²) in [6.45, 7) is 1.52. The molecule has 4 heteroatoms. The average molecular weight is 352 g/mol. The Bertz CT molecular complexity index is 632. The molecular weight excluding hydrogens is 329 g/mol. The normalized spacial score (nSPS) is 17.9. The van der Waals surface area contributed by atoms with Crippen LogP contribution in [0.15, 0.2) is 48.5 Å². The van der Waals surface area contributed by atoms with Gasteiger partial charge in [0.25, 0.3) is 0 Å². The Morgan fingerprint density at radius 1 is 1.13 bits per heavy atom. The van der Waals surface area contributed by atoms with E-state index in [1.807, 2.05) is 24.3 Å². The lowest BCUT2D eigenvalue weighted by Crippen LogP contribution is -2.30. The first-order chi connectivity index (χ1) is 10.7. The Morgan fingerprint density at radius 2 is 1.91 bits per heavy atom. The topological polar surface area (TPSA) is 32.3 Å². The molecule has 0 saturated heterocycles. The standard InChI is InChI=1S/C19H22ClNO.ClH/c20-18-7-3-6-17(11-18)19(22)13-21-12-14-8-9-15-4-1-2-5-16(15)10-14;/h1-7,11,14,19,21-22H,8-10,12-13H2;1H. The van der Waals surface area contributed by atoms with Gasteiger partial charge in [0.1, 0.15) is 0 Å². The number of benzene rings is 2. The number of halogens is 2. The molecule has 0 amide bonds. The van der Waals surface area contributed by atoms with E-state index >= 15 is 0 Å². The van der Waals surface area contributed by atoms with E-state index in [2.05, 4.69) is 29.6 Å². The van der Waals surface area contributed by atoms with Crippen LogP contribution in [0, 0.1) is 5.92 Å². The van der Waals surface area contributed by atoms with E-state index in [1.165, 1.54) is 24.0 Å². The van der Waals surface area contributed by atoms with E-state index in [0.717, 1.165) is 18.5 Å². The van der Waals surface area contributed by atoms with Gasteiger partial charge in [-0.25, -0.2) is 0 Å². The smallest absolute Gasteiger partial charge is 0.0914 e. The van der Waals surface area contributed by atoms with Crippen LogP contribution in [-0.2, 0) is 12.8 Å². The molecule has 0 spiro atoms. The van der Waals surface area contributed by atoms with Crippen molar-refractivity contribution >= 4 is 24.0 Å². The Hall–Kier alpha value is -1.06. The van der Waals surface area contributed by atoms with Crippen LogP contribution in [0.25, 0.3) is 0 Å². The highest BCUT2D eigenvalue weighted by atomic mass is 35.5. The monoisotopic (exact) mass is 351 g/mol. The summed E-state index contributed by atoms with van der Waals surface area (Å²) in [6.07, 6.45) is 3.02. The van der Waals surface area contributed by atoms with E-state index < -0.39 is 6.10 Å². The van der Waals surface area contributed by atoms with Crippen molar-refractivity contribution in [2.24, 2.45) is 5.92 Å². The third kappa shape index (κ3) is 4.95. The van der Waals surface area contributed by atoms with Crippen LogP contribution < -0.4 is 5.32 Å². The quantitative estimate of drug-likeness (QED) is 0.846. The van der Waals surface area contributed by atoms with Gasteiger partial charge in [0.2, 0.25) is 0 Å². The van der Waals surface area contributed by atoms with Crippen LogP contribution in [0.2, 0.25) is 5.02 Å². The molecule has 2 nitrogen and oxygen atoms in total.